The Kier molecular flexibility index (Phi) is 8.34. The zero-order valence-electron chi connectivity index (χ0n) is 28.3. The average molecular weight is 713 g/mol. The number of ether oxygens (including phenoxy) is 1. The molecule has 2 amide bonds. The molecule has 1 N–H and O–H groups in total. The van der Waals surface area contributed by atoms with E-state index in [0.29, 0.717) is 30.0 Å². The fraction of sp³-hybridized carbons (Fsp3) is 0.568. The van der Waals surface area contributed by atoms with Crippen LogP contribution in [-0.4, -0.2) is 85.5 Å². The molecule has 3 aliphatic carbocycles. The van der Waals surface area contributed by atoms with Gasteiger partial charge in [-0.15, -0.1) is 0 Å². The number of sulfonamides is 1. The Labute approximate surface area is 290 Å². The summed E-state index contributed by atoms with van der Waals surface area (Å²) in [5, 5.41) is 1.07. The van der Waals surface area contributed by atoms with Crippen molar-refractivity contribution in [1.29, 1.82) is 0 Å². The molecule has 3 fully saturated rings. The summed E-state index contributed by atoms with van der Waals surface area (Å²) in [6.07, 6.45) is 5.51. The number of rotatable bonds is 7. The minimum Gasteiger partial charge on any atom is -0.363 e. The Morgan fingerprint density at radius 3 is 2.46 bits per heavy atom. The van der Waals surface area contributed by atoms with Gasteiger partial charge in [0.05, 0.1) is 23.4 Å². The number of hydrogen-bond donors (Lipinski definition) is 1. The Balaban J connectivity index is 1.23. The number of carbonyl (C=O) groups is 2. The van der Waals surface area contributed by atoms with Crippen LogP contribution in [0.1, 0.15) is 80.9 Å². The van der Waals surface area contributed by atoms with E-state index < -0.39 is 39.9 Å². The van der Waals surface area contributed by atoms with Gasteiger partial charge in [-0.2, -0.15) is 13.2 Å². The van der Waals surface area contributed by atoms with Gasteiger partial charge in [0, 0.05) is 55.8 Å². The van der Waals surface area contributed by atoms with Crippen LogP contribution >= 0.6 is 0 Å². The second-order valence-electron chi connectivity index (χ2n) is 15.0. The van der Waals surface area contributed by atoms with Gasteiger partial charge in [0.25, 0.3) is 15.9 Å². The molecule has 4 heterocycles. The lowest BCUT2D eigenvalue weighted by molar-refractivity contribution is -0.148. The average Bonchev–Trinajstić information content (AvgIpc) is 3.61. The number of methoxy groups -OCH3 is 1. The van der Waals surface area contributed by atoms with Crippen LogP contribution in [0.15, 0.2) is 58.7 Å². The second kappa shape index (κ2) is 12.4. The van der Waals surface area contributed by atoms with Gasteiger partial charge in [-0.25, -0.2) is 13.1 Å². The minimum absolute atomic E-state index is 0.107. The van der Waals surface area contributed by atoms with Crippen molar-refractivity contribution in [2.45, 2.75) is 99.9 Å². The molecular weight excluding hydrogens is 669 g/mol. The summed E-state index contributed by atoms with van der Waals surface area (Å²) in [6.45, 7) is 1.96. The highest BCUT2D eigenvalue weighted by atomic mass is 32.2. The third-order valence-electron chi connectivity index (χ3n) is 11.9. The number of piperazine rings is 1. The summed E-state index contributed by atoms with van der Waals surface area (Å²) < 4.78 is 74.5. The highest BCUT2D eigenvalue weighted by molar-refractivity contribution is 7.90. The maximum Gasteiger partial charge on any atom is 0.392 e. The van der Waals surface area contributed by atoms with Crippen molar-refractivity contribution in [3.63, 3.8) is 0 Å². The Morgan fingerprint density at radius 2 is 1.78 bits per heavy atom. The summed E-state index contributed by atoms with van der Waals surface area (Å²) in [6, 6.07) is 8.86. The molecule has 50 heavy (non-hydrogen) atoms. The first-order valence-electron chi connectivity index (χ1n) is 17.8. The van der Waals surface area contributed by atoms with Crippen LogP contribution in [-0.2, 0) is 30.9 Å². The molecule has 2 aromatic rings. The summed E-state index contributed by atoms with van der Waals surface area (Å²) >= 11 is 0. The summed E-state index contributed by atoms with van der Waals surface area (Å²) in [5.74, 6) is -1.30. The third-order valence-corrected chi connectivity index (χ3v) is 13.4. The molecule has 2 bridgehead atoms. The van der Waals surface area contributed by atoms with Crippen LogP contribution in [0.5, 0.6) is 0 Å². The van der Waals surface area contributed by atoms with E-state index in [1.807, 2.05) is 16.9 Å². The standard InChI is InChI=1S/C37H43F3N4O5S/c1-42-18-23-14-15-24(19-42)44(23)36(46)27-13-7-12-26-31(27)29-16-22-10-6-11-25(21-8-4-3-5-9-21)34(22)43(29)20-28-32(26)33(28)35(45)41-50(47,48)30(49-2)17-37(38,39)40/h6-7,10-12,16,21,23-24,27,30-31H,3-5,8-9,13-15,17-20H2,1-2H3,(H,41,45)/t23?,24?,27-,30?,31?/m1/s1. The van der Waals surface area contributed by atoms with Crippen molar-refractivity contribution in [3.8, 4) is 0 Å². The fourth-order valence-electron chi connectivity index (χ4n) is 9.72. The molecule has 8 rings (SSSR count). The number of amides is 2. The third kappa shape index (κ3) is 5.73. The van der Waals surface area contributed by atoms with Gasteiger partial charge in [0.2, 0.25) is 5.91 Å². The molecule has 9 nitrogen and oxygen atoms in total. The molecule has 4 unspecified atom stereocenters. The highest BCUT2D eigenvalue weighted by Gasteiger charge is 2.51. The molecular formula is C37H43F3N4O5S. The molecule has 268 valence electrons. The van der Waals surface area contributed by atoms with Gasteiger partial charge in [0.1, 0.15) is 0 Å². The van der Waals surface area contributed by atoms with E-state index in [-0.39, 0.29) is 29.5 Å². The van der Waals surface area contributed by atoms with Crippen LogP contribution in [0.25, 0.3) is 10.9 Å². The zero-order chi connectivity index (χ0) is 35.1. The van der Waals surface area contributed by atoms with Gasteiger partial charge in [0.15, 0.2) is 5.44 Å². The fourth-order valence-corrected chi connectivity index (χ4v) is 10.9. The highest BCUT2D eigenvalue weighted by Crippen LogP contribution is 2.55. The van der Waals surface area contributed by atoms with E-state index in [9.17, 15) is 31.2 Å². The summed E-state index contributed by atoms with van der Waals surface area (Å²) in [7, 11) is -1.87. The van der Waals surface area contributed by atoms with Gasteiger partial charge >= 0.3 is 6.18 Å². The number of allylic oxidation sites excluding steroid dienone is 4. The number of alkyl halides is 3. The zero-order valence-corrected chi connectivity index (χ0v) is 29.2. The number of likely N-dealkylation sites (N-methyl/N-ethyl adjacent to an activating group) is 1. The number of likely N-dealkylation sites (tertiary alicyclic amines) is 1. The second-order valence-corrected chi connectivity index (χ2v) is 16.8. The van der Waals surface area contributed by atoms with Crippen LogP contribution in [0, 0.1) is 5.92 Å². The first kappa shape index (κ1) is 33.7. The van der Waals surface area contributed by atoms with Crippen molar-refractivity contribution in [2.75, 3.05) is 27.2 Å². The summed E-state index contributed by atoms with van der Waals surface area (Å²) in [4.78, 5) is 32.9. The predicted molar refractivity (Wildman–Crippen MR) is 181 cm³/mol. The quantitative estimate of drug-likeness (QED) is 0.399. The van der Waals surface area contributed by atoms with E-state index >= 15 is 0 Å². The topological polar surface area (TPSA) is 101 Å². The lowest BCUT2D eigenvalue weighted by atomic mass is 9.75. The predicted octanol–water partition coefficient (Wildman–Crippen LogP) is 5.65. The smallest absolute Gasteiger partial charge is 0.363 e. The van der Waals surface area contributed by atoms with Crippen LogP contribution in [0.4, 0.5) is 13.2 Å². The normalized spacial score (nSPS) is 27.6. The number of hydrogen-bond acceptors (Lipinski definition) is 6. The molecule has 6 aliphatic rings. The van der Waals surface area contributed by atoms with E-state index in [1.165, 1.54) is 12.0 Å². The monoisotopic (exact) mass is 712 g/mol. The number of halogens is 3. The lowest BCUT2D eigenvalue weighted by Crippen LogP contribution is -2.56. The Bertz CT molecular complexity index is 1940. The number of benzene rings is 1. The number of nitrogens with one attached hydrogen (secondary N) is 1. The van der Waals surface area contributed by atoms with E-state index in [2.05, 4.69) is 50.4 Å². The summed E-state index contributed by atoms with van der Waals surface area (Å²) in [5.41, 5.74) is 3.25. The van der Waals surface area contributed by atoms with Gasteiger partial charge in [-0.1, -0.05) is 49.6 Å². The Hall–Kier alpha value is -3.42. The first-order chi connectivity index (χ1) is 23.9. The molecule has 0 spiro atoms. The lowest BCUT2D eigenvalue weighted by Gasteiger charge is -2.43. The van der Waals surface area contributed by atoms with Crippen molar-refractivity contribution in [3.05, 3.63) is 70.0 Å². The van der Waals surface area contributed by atoms with Crippen LogP contribution in [0.3, 0.4) is 0 Å². The number of aromatic nitrogens is 1. The van der Waals surface area contributed by atoms with E-state index in [0.717, 1.165) is 80.9 Å². The Morgan fingerprint density at radius 1 is 1.06 bits per heavy atom. The number of para-hydroxylation sites is 1. The number of fused-ring (bicyclic) bond motifs is 8. The van der Waals surface area contributed by atoms with Crippen molar-refractivity contribution >= 4 is 32.7 Å². The molecule has 0 radical (unpaired) electrons. The first-order valence-corrected chi connectivity index (χ1v) is 19.3. The van der Waals surface area contributed by atoms with E-state index in [4.69, 9.17) is 0 Å². The molecule has 1 aromatic heterocycles. The van der Waals surface area contributed by atoms with Crippen molar-refractivity contribution in [2.24, 2.45) is 5.92 Å². The maximum atomic E-state index is 14.7. The molecule has 1 saturated carbocycles. The van der Waals surface area contributed by atoms with Crippen LogP contribution in [0.2, 0.25) is 0 Å². The van der Waals surface area contributed by atoms with Gasteiger partial charge < -0.3 is 19.1 Å². The molecule has 1 aromatic carbocycles. The molecule has 5 atom stereocenters. The maximum absolute atomic E-state index is 14.7. The van der Waals surface area contributed by atoms with Crippen molar-refractivity contribution < 1.29 is 35.9 Å². The molecule has 13 heteroatoms. The van der Waals surface area contributed by atoms with Gasteiger partial charge in [-0.3, -0.25) is 9.59 Å². The van der Waals surface area contributed by atoms with E-state index in [1.54, 1.807) is 0 Å². The van der Waals surface area contributed by atoms with Crippen LogP contribution < -0.4 is 4.72 Å². The molecule has 3 aliphatic heterocycles. The molecule has 2 saturated heterocycles. The van der Waals surface area contributed by atoms with Crippen molar-refractivity contribution in [1.82, 2.24) is 19.1 Å². The number of nitrogens with zero attached hydrogens (tertiary/aromatic N) is 3. The minimum atomic E-state index is -4.83. The largest absolute Gasteiger partial charge is 0.392 e. The number of carbonyl (C=O) groups excluding carboxylic acids is 2. The SMILES string of the molecule is COC(CC(F)(F)F)S(=O)(=O)NC(=O)C1=C2Cn3c(cc4cccc(C5CCCCC5)c43)C3C(=C21)C=CC[C@H]3C(=O)N1C2CCC1CN(C)C2. The van der Waals surface area contributed by atoms with Gasteiger partial charge in [-0.05, 0) is 73.4 Å².